The zero-order valence-electron chi connectivity index (χ0n) is 8.26. The summed E-state index contributed by atoms with van der Waals surface area (Å²) in [6, 6.07) is 4.14. The van der Waals surface area contributed by atoms with Crippen molar-refractivity contribution in [3.63, 3.8) is 0 Å². The van der Waals surface area contributed by atoms with Crippen LogP contribution in [0.4, 0.5) is 5.82 Å². The predicted octanol–water partition coefficient (Wildman–Crippen LogP) is 1.87. The molecule has 78 valence electrons. The van der Waals surface area contributed by atoms with Gasteiger partial charge in [-0.1, -0.05) is 0 Å². The van der Waals surface area contributed by atoms with Crippen LogP contribution in [0.1, 0.15) is 6.42 Å². The second-order valence-corrected chi connectivity index (χ2v) is 4.80. The number of aliphatic hydroxyl groups is 1. The number of rotatable bonds is 1. The Bertz CT molecular complexity index is 482. The van der Waals surface area contributed by atoms with Crippen LogP contribution < -0.4 is 4.90 Å². The molecule has 3 heterocycles. The molecule has 15 heavy (non-hydrogen) atoms. The SMILES string of the molecule is OC1CCN(c2nccc3sccc23)C1. The fourth-order valence-corrected chi connectivity index (χ4v) is 2.84. The van der Waals surface area contributed by atoms with Gasteiger partial charge < -0.3 is 10.0 Å². The molecule has 0 aromatic carbocycles. The molecule has 1 unspecified atom stereocenters. The van der Waals surface area contributed by atoms with Crippen molar-refractivity contribution >= 4 is 27.2 Å². The maximum Gasteiger partial charge on any atom is 0.137 e. The smallest absolute Gasteiger partial charge is 0.137 e. The highest BCUT2D eigenvalue weighted by Crippen LogP contribution is 2.30. The number of thiophene rings is 1. The van der Waals surface area contributed by atoms with E-state index in [0.717, 1.165) is 18.8 Å². The summed E-state index contributed by atoms with van der Waals surface area (Å²) >= 11 is 1.73. The van der Waals surface area contributed by atoms with Gasteiger partial charge in [-0.2, -0.15) is 0 Å². The van der Waals surface area contributed by atoms with E-state index in [1.165, 1.54) is 10.1 Å². The molecule has 1 aliphatic rings. The quantitative estimate of drug-likeness (QED) is 0.797. The number of anilines is 1. The Hall–Kier alpha value is -1.13. The van der Waals surface area contributed by atoms with E-state index in [9.17, 15) is 5.11 Å². The highest BCUT2D eigenvalue weighted by molar-refractivity contribution is 7.17. The van der Waals surface area contributed by atoms with E-state index in [2.05, 4.69) is 21.3 Å². The topological polar surface area (TPSA) is 36.4 Å². The molecule has 3 rings (SSSR count). The van der Waals surface area contributed by atoms with Crippen LogP contribution in [-0.4, -0.2) is 29.3 Å². The first-order valence-corrected chi connectivity index (χ1v) is 5.98. The highest BCUT2D eigenvalue weighted by Gasteiger charge is 2.22. The lowest BCUT2D eigenvalue weighted by atomic mass is 10.3. The number of nitrogens with zero attached hydrogens (tertiary/aromatic N) is 2. The number of hydrogen-bond acceptors (Lipinski definition) is 4. The summed E-state index contributed by atoms with van der Waals surface area (Å²) in [6.45, 7) is 1.62. The van der Waals surface area contributed by atoms with Crippen molar-refractivity contribution < 1.29 is 5.11 Å². The lowest BCUT2D eigenvalue weighted by Gasteiger charge is -2.17. The second kappa shape index (κ2) is 3.47. The average Bonchev–Trinajstić information content (AvgIpc) is 2.84. The van der Waals surface area contributed by atoms with Crippen LogP contribution >= 0.6 is 11.3 Å². The van der Waals surface area contributed by atoms with E-state index in [-0.39, 0.29) is 6.10 Å². The first-order chi connectivity index (χ1) is 7.34. The van der Waals surface area contributed by atoms with Crippen molar-refractivity contribution in [3.8, 4) is 0 Å². The number of hydrogen-bond donors (Lipinski definition) is 1. The molecule has 2 aromatic rings. The van der Waals surface area contributed by atoms with Crippen molar-refractivity contribution in [1.29, 1.82) is 0 Å². The third-order valence-corrected chi connectivity index (χ3v) is 3.70. The number of β-amino-alcohol motifs (C(OH)–C–C–N with tert-alkyl or cyclic N) is 1. The third-order valence-electron chi connectivity index (χ3n) is 2.82. The predicted molar refractivity (Wildman–Crippen MR) is 62.5 cm³/mol. The van der Waals surface area contributed by atoms with Crippen LogP contribution in [0.2, 0.25) is 0 Å². The molecule has 0 radical (unpaired) electrons. The molecule has 4 heteroatoms. The minimum Gasteiger partial charge on any atom is -0.391 e. The van der Waals surface area contributed by atoms with Crippen LogP contribution in [0.5, 0.6) is 0 Å². The zero-order chi connectivity index (χ0) is 10.3. The zero-order valence-corrected chi connectivity index (χ0v) is 9.07. The second-order valence-electron chi connectivity index (χ2n) is 3.86. The molecular formula is C11H12N2OS. The van der Waals surface area contributed by atoms with Crippen LogP contribution in [0.15, 0.2) is 23.7 Å². The summed E-state index contributed by atoms with van der Waals surface area (Å²) in [5, 5.41) is 12.8. The van der Waals surface area contributed by atoms with E-state index in [1.807, 2.05) is 12.3 Å². The molecule has 3 nitrogen and oxygen atoms in total. The Morgan fingerprint density at radius 3 is 3.20 bits per heavy atom. The molecule has 1 aliphatic heterocycles. The summed E-state index contributed by atoms with van der Waals surface area (Å²) in [7, 11) is 0. The molecule has 0 aliphatic carbocycles. The molecular weight excluding hydrogens is 208 g/mol. The van der Waals surface area contributed by atoms with Gasteiger partial charge in [0.1, 0.15) is 5.82 Å². The van der Waals surface area contributed by atoms with Gasteiger partial charge in [0.2, 0.25) is 0 Å². The Kier molecular flexibility index (Phi) is 2.11. The molecule has 0 saturated carbocycles. The lowest BCUT2D eigenvalue weighted by molar-refractivity contribution is 0.198. The standard InChI is InChI=1S/C11H12N2OS/c14-8-2-5-13(7-8)11-9-3-6-15-10(9)1-4-12-11/h1,3-4,6,8,14H,2,5,7H2. The van der Waals surface area contributed by atoms with E-state index in [0.29, 0.717) is 6.54 Å². The molecule has 0 spiro atoms. The first-order valence-electron chi connectivity index (χ1n) is 5.10. The summed E-state index contributed by atoms with van der Waals surface area (Å²) in [5.41, 5.74) is 0. The molecule has 0 amide bonds. The van der Waals surface area contributed by atoms with Gasteiger partial charge in [0.15, 0.2) is 0 Å². The van der Waals surface area contributed by atoms with E-state index >= 15 is 0 Å². The Morgan fingerprint density at radius 1 is 1.47 bits per heavy atom. The minimum atomic E-state index is -0.194. The van der Waals surface area contributed by atoms with Gasteiger partial charge in [0.05, 0.1) is 6.10 Å². The molecule has 1 N–H and O–H groups in total. The normalized spacial score (nSPS) is 21.4. The van der Waals surface area contributed by atoms with Gasteiger partial charge in [-0.15, -0.1) is 11.3 Å². The van der Waals surface area contributed by atoms with Gasteiger partial charge in [0.25, 0.3) is 0 Å². The van der Waals surface area contributed by atoms with Crippen LogP contribution in [0.3, 0.4) is 0 Å². The molecule has 1 atom stereocenters. The van der Waals surface area contributed by atoms with Crippen molar-refractivity contribution in [2.24, 2.45) is 0 Å². The largest absolute Gasteiger partial charge is 0.391 e. The average molecular weight is 220 g/mol. The van der Waals surface area contributed by atoms with Gasteiger partial charge in [-0.05, 0) is 23.9 Å². The van der Waals surface area contributed by atoms with E-state index < -0.39 is 0 Å². The highest BCUT2D eigenvalue weighted by atomic mass is 32.1. The van der Waals surface area contributed by atoms with Crippen LogP contribution in [0.25, 0.3) is 10.1 Å². The van der Waals surface area contributed by atoms with Crippen molar-refractivity contribution in [1.82, 2.24) is 4.98 Å². The Morgan fingerprint density at radius 2 is 2.40 bits per heavy atom. The number of fused-ring (bicyclic) bond motifs is 1. The monoisotopic (exact) mass is 220 g/mol. The third kappa shape index (κ3) is 1.50. The van der Waals surface area contributed by atoms with E-state index in [4.69, 9.17) is 0 Å². The maximum absolute atomic E-state index is 9.52. The lowest BCUT2D eigenvalue weighted by Crippen LogP contribution is -2.22. The van der Waals surface area contributed by atoms with Crippen molar-refractivity contribution in [2.75, 3.05) is 18.0 Å². The minimum absolute atomic E-state index is 0.194. The van der Waals surface area contributed by atoms with Crippen molar-refractivity contribution in [3.05, 3.63) is 23.7 Å². The molecule has 0 bridgehead atoms. The van der Waals surface area contributed by atoms with Crippen LogP contribution in [0, 0.1) is 0 Å². The van der Waals surface area contributed by atoms with Gasteiger partial charge in [-0.25, -0.2) is 4.98 Å². The molecule has 1 fully saturated rings. The maximum atomic E-state index is 9.52. The number of aromatic nitrogens is 1. The first kappa shape index (κ1) is 9.12. The number of pyridine rings is 1. The fraction of sp³-hybridized carbons (Fsp3) is 0.364. The number of aliphatic hydroxyl groups excluding tert-OH is 1. The van der Waals surface area contributed by atoms with Crippen LogP contribution in [-0.2, 0) is 0 Å². The molecule has 1 saturated heterocycles. The molecule has 2 aromatic heterocycles. The fourth-order valence-electron chi connectivity index (χ4n) is 2.07. The van der Waals surface area contributed by atoms with Gasteiger partial charge in [0, 0.05) is 29.4 Å². The Labute approximate surface area is 92.0 Å². The van der Waals surface area contributed by atoms with Gasteiger partial charge >= 0.3 is 0 Å². The summed E-state index contributed by atoms with van der Waals surface area (Å²) in [5.74, 6) is 1.02. The summed E-state index contributed by atoms with van der Waals surface area (Å²) in [6.07, 6.45) is 2.50. The summed E-state index contributed by atoms with van der Waals surface area (Å²) < 4.78 is 1.27. The summed E-state index contributed by atoms with van der Waals surface area (Å²) in [4.78, 5) is 6.58. The Balaban J connectivity index is 2.06. The van der Waals surface area contributed by atoms with E-state index in [1.54, 1.807) is 11.3 Å². The van der Waals surface area contributed by atoms with Gasteiger partial charge in [-0.3, -0.25) is 0 Å². The van der Waals surface area contributed by atoms with Crippen molar-refractivity contribution in [2.45, 2.75) is 12.5 Å².